The first-order valence-electron chi connectivity index (χ1n) is 5.71. The van der Waals surface area contributed by atoms with Gasteiger partial charge in [0.15, 0.2) is 0 Å². The average molecular weight is 234 g/mol. The summed E-state index contributed by atoms with van der Waals surface area (Å²) in [5.74, 6) is 0. The van der Waals surface area contributed by atoms with Crippen LogP contribution in [0.2, 0.25) is 0 Å². The van der Waals surface area contributed by atoms with Crippen molar-refractivity contribution in [1.82, 2.24) is 30.6 Å². The average Bonchev–Trinajstić information content (AvgIpc) is 2.92. The summed E-state index contributed by atoms with van der Waals surface area (Å²) in [4.78, 5) is 0. The first-order valence-corrected chi connectivity index (χ1v) is 5.71. The lowest BCUT2D eigenvalue weighted by atomic mass is 10.3. The van der Waals surface area contributed by atoms with Crippen LogP contribution in [0.5, 0.6) is 0 Å². The molecule has 0 radical (unpaired) electrons. The number of nitrogens with one attached hydrogen (secondary N) is 1. The van der Waals surface area contributed by atoms with Gasteiger partial charge < -0.3 is 5.32 Å². The van der Waals surface area contributed by atoms with E-state index in [9.17, 15) is 0 Å². The lowest BCUT2D eigenvalue weighted by Gasteiger charge is -1.97. The molecule has 2 heterocycles. The lowest BCUT2D eigenvalue weighted by molar-refractivity contribution is 0.300. The fourth-order valence-electron chi connectivity index (χ4n) is 1.58. The molecular formula is C10H14N6O. The first-order chi connectivity index (χ1) is 8.31. The van der Waals surface area contributed by atoms with Crippen LogP contribution in [0.4, 0.5) is 0 Å². The van der Waals surface area contributed by atoms with Crippen LogP contribution in [-0.4, -0.2) is 31.3 Å². The van der Waals surface area contributed by atoms with E-state index < -0.39 is 0 Å². The highest BCUT2D eigenvalue weighted by molar-refractivity contribution is 5.05. The minimum absolute atomic E-state index is 0.547. The summed E-state index contributed by atoms with van der Waals surface area (Å²) in [6.07, 6.45) is 4.47. The molecule has 0 bridgehead atoms. The Morgan fingerprint density at radius 1 is 1.47 bits per heavy atom. The molecule has 0 aliphatic heterocycles. The van der Waals surface area contributed by atoms with Crippen LogP contribution in [-0.2, 0) is 13.1 Å². The molecule has 7 nitrogen and oxygen atoms in total. The monoisotopic (exact) mass is 234 g/mol. The number of nitrogens with zero attached hydrogens (tertiary/aromatic N) is 5. The van der Waals surface area contributed by atoms with Crippen LogP contribution in [0.1, 0.15) is 29.9 Å². The summed E-state index contributed by atoms with van der Waals surface area (Å²) in [7, 11) is 0. The molecule has 1 aliphatic rings. The Morgan fingerprint density at radius 2 is 2.35 bits per heavy atom. The van der Waals surface area contributed by atoms with Crippen LogP contribution in [0.25, 0.3) is 0 Å². The zero-order valence-electron chi connectivity index (χ0n) is 9.63. The minimum atomic E-state index is 0.547. The second kappa shape index (κ2) is 4.25. The molecule has 3 rings (SSSR count). The molecule has 17 heavy (non-hydrogen) atoms. The molecule has 0 spiro atoms. The van der Waals surface area contributed by atoms with E-state index in [1.165, 1.54) is 12.8 Å². The highest BCUT2D eigenvalue weighted by atomic mass is 16.6. The summed E-state index contributed by atoms with van der Waals surface area (Å²) < 4.78 is 6.38. The Kier molecular flexibility index (Phi) is 2.60. The summed E-state index contributed by atoms with van der Waals surface area (Å²) in [5, 5.41) is 19.1. The number of rotatable bonds is 5. The van der Waals surface area contributed by atoms with E-state index in [2.05, 4.69) is 30.6 Å². The van der Waals surface area contributed by atoms with Crippen LogP contribution in [0.3, 0.4) is 0 Å². The fourth-order valence-corrected chi connectivity index (χ4v) is 1.58. The Bertz CT molecular complexity index is 500. The predicted octanol–water partition coefficient (Wildman–Crippen LogP) is 0.270. The van der Waals surface area contributed by atoms with Crippen molar-refractivity contribution in [3.05, 3.63) is 23.3 Å². The van der Waals surface area contributed by atoms with E-state index in [1.54, 1.807) is 4.68 Å². The third-order valence-corrected chi connectivity index (χ3v) is 2.79. The van der Waals surface area contributed by atoms with E-state index >= 15 is 0 Å². The third kappa shape index (κ3) is 2.50. The largest absolute Gasteiger partial charge is 0.308 e. The van der Waals surface area contributed by atoms with E-state index in [-0.39, 0.29) is 0 Å². The molecule has 1 N–H and O–H groups in total. The van der Waals surface area contributed by atoms with Crippen molar-refractivity contribution in [2.45, 2.75) is 38.9 Å². The van der Waals surface area contributed by atoms with Gasteiger partial charge in [0.1, 0.15) is 11.4 Å². The molecule has 1 aliphatic carbocycles. The SMILES string of the molecule is Cc1nonc1Cn1cc(CNC2CC2)nn1. The van der Waals surface area contributed by atoms with Gasteiger partial charge in [-0.05, 0) is 19.8 Å². The molecule has 2 aromatic rings. The van der Waals surface area contributed by atoms with Gasteiger partial charge in [0.25, 0.3) is 0 Å². The number of aromatic nitrogens is 5. The van der Waals surface area contributed by atoms with Gasteiger partial charge in [0, 0.05) is 12.6 Å². The molecule has 0 saturated heterocycles. The van der Waals surface area contributed by atoms with Crippen molar-refractivity contribution in [2.75, 3.05) is 0 Å². The van der Waals surface area contributed by atoms with Gasteiger partial charge in [-0.3, -0.25) is 0 Å². The van der Waals surface area contributed by atoms with Gasteiger partial charge in [-0.15, -0.1) is 5.10 Å². The van der Waals surface area contributed by atoms with E-state index in [4.69, 9.17) is 0 Å². The Balaban J connectivity index is 1.61. The maximum Gasteiger partial charge on any atom is 0.129 e. The second-order valence-corrected chi connectivity index (χ2v) is 4.36. The fraction of sp³-hybridized carbons (Fsp3) is 0.600. The molecule has 1 saturated carbocycles. The van der Waals surface area contributed by atoms with Crippen LogP contribution in [0.15, 0.2) is 10.8 Å². The highest BCUT2D eigenvalue weighted by Gasteiger charge is 2.20. The Hall–Kier alpha value is -1.76. The zero-order chi connectivity index (χ0) is 11.7. The molecule has 2 aromatic heterocycles. The normalized spacial score (nSPS) is 15.4. The van der Waals surface area contributed by atoms with Crippen molar-refractivity contribution in [3.63, 3.8) is 0 Å². The van der Waals surface area contributed by atoms with E-state index in [0.29, 0.717) is 12.6 Å². The molecule has 1 fully saturated rings. The second-order valence-electron chi connectivity index (χ2n) is 4.36. The molecular weight excluding hydrogens is 220 g/mol. The zero-order valence-corrected chi connectivity index (χ0v) is 9.63. The summed E-state index contributed by atoms with van der Waals surface area (Å²) in [6, 6.07) is 0.683. The molecule has 0 amide bonds. The first kappa shape index (κ1) is 10.4. The quantitative estimate of drug-likeness (QED) is 0.799. The summed E-state index contributed by atoms with van der Waals surface area (Å²) in [5.41, 5.74) is 2.53. The van der Waals surface area contributed by atoms with Gasteiger partial charge in [-0.1, -0.05) is 15.5 Å². The maximum absolute atomic E-state index is 4.64. The van der Waals surface area contributed by atoms with Crippen LogP contribution in [0, 0.1) is 6.92 Å². The predicted molar refractivity (Wildman–Crippen MR) is 58.0 cm³/mol. The van der Waals surface area contributed by atoms with E-state index in [0.717, 1.165) is 23.6 Å². The summed E-state index contributed by atoms with van der Waals surface area (Å²) in [6.45, 7) is 3.19. The molecule has 7 heteroatoms. The van der Waals surface area contributed by atoms with Gasteiger partial charge in [0.2, 0.25) is 0 Å². The van der Waals surface area contributed by atoms with Crippen LogP contribution < -0.4 is 5.32 Å². The Labute approximate surface area is 98.2 Å². The molecule has 0 aromatic carbocycles. The van der Waals surface area contributed by atoms with Crippen molar-refractivity contribution < 1.29 is 4.63 Å². The molecule has 0 unspecified atom stereocenters. The maximum atomic E-state index is 4.64. The standard InChI is InChI=1S/C10H14N6O/c1-7-10(14-17-13-7)6-16-5-9(12-15-16)4-11-8-2-3-8/h5,8,11H,2-4,6H2,1H3. The van der Waals surface area contributed by atoms with Crippen LogP contribution >= 0.6 is 0 Å². The lowest BCUT2D eigenvalue weighted by Crippen LogP contribution is -2.15. The number of hydrogen-bond acceptors (Lipinski definition) is 6. The van der Waals surface area contributed by atoms with Crippen molar-refractivity contribution >= 4 is 0 Å². The molecule has 90 valence electrons. The highest BCUT2D eigenvalue weighted by Crippen LogP contribution is 2.18. The van der Waals surface area contributed by atoms with Gasteiger partial charge in [-0.2, -0.15) is 0 Å². The Morgan fingerprint density at radius 3 is 3.06 bits per heavy atom. The van der Waals surface area contributed by atoms with E-state index in [1.807, 2.05) is 13.1 Å². The van der Waals surface area contributed by atoms with Gasteiger partial charge in [-0.25, -0.2) is 9.31 Å². The number of hydrogen-bond donors (Lipinski definition) is 1. The molecule has 0 atom stereocenters. The van der Waals surface area contributed by atoms with Crippen molar-refractivity contribution in [2.24, 2.45) is 0 Å². The summed E-state index contributed by atoms with van der Waals surface area (Å²) >= 11 is 0. The van der Waals surface area contributed by atoms with Gasteiger partial charge in [0.05, 0.1) is 18.4 Å². The number of aryl methyl sites for hydroxylation is 1. The third-order valence-electron chi connectivity index (χ3n) is 2.79. The smallest absolute Gasteiger partial charge is 0.129 e. The topological polar surface area (TPSA) is 81.7 Å². The minimum Gasteiger partial charge on any atom is -0.308 e. The van der Waals surface area contributed by atoms with Crippen molar-refractivity contribution in [3.8, 4) is 0 Å². The van der Waals surface area contributed by atoms with Crippen molar-refractivity contribution in [1.29, 1.82) is 0 Å². The van der Waals surface area contributed by atoms with Gasteiger partial charge >= 0.3 is 0 Å².